The zero-order chi connectivity index (χ0) is 9.68. The van der Waals surface area contributed by atoms with Gasteiger partial charge in [0.05, 0.1) is 0 Å². The van der Waals surface area contributed by atoms with Gasteiger partial charge in [-0.15, -0.1) is 11.8 Å². The van der Waals surface area contributed by atoms with Crippen molar-refractivity contribution in [3.05, 3.63) is 35.9 Å². The third-order valence-electron chi connectivity index (χ3n) is 1.86. The Kier molecular flexibility index (Phi) is 3.77. The number of carbonyl (C=O) groups excluding carboxylic acids is 1. The van der Waals surface area contributed by atoms with Crippen LogP contribution < -0.4 is 0 Å². The summed E-state index contributed by atoms with van der Waals surface area (Å²) in [6, 6.07) is 8.17. The maximum atomic E-state index is 10.2. The van der Waals surface area contributed by atoms with Crippen LogP contribution >= 0.6 is 11.8 Å². The van der Waals surface area contributed by atoms with Gasteiger partial charge in [0.2, 0.25) is 0 Å². The van der Waals surface area contributed by atoms with Gasteiger partial charge >= 0.3 is 0 Å². The Morgan fingerprint density at radius 3 is 2.38 bits per heavy atom. The van der Waals surface area contributed by atoms with Gasteiger partial charge in [0.25, 0.3) is 0 Å². The van der Waals surface area contributed by atoms with E-state index in [-0.39, 0.29) is 0 Å². The summed E-state index contributed by atoms with van der Waals surface area (Å²) < 4.78 is 0. The van der Waals surface area contributed by atoms with Crippen molar-refractivity contribution in [1.82, 2.24) is 0 Å². The summed E-state index contributed by atoms with van der Waals surface area (Å²) in [4.78, 5) is 11.5. The number of hydrogen-bond donors (Lipinski definition) is 0. The lowest BCUT2D eigenvalue weighted by Gasteiger charge is -2.01. The lowest BCUT2D eigenvalue weighted by atomic mass is 10.1. The van der Waals surface area contributed by atoms with E-state index in [2.05, 4.69) is 12.1 Å². The number of carbonyl (C=O) groups is 1. The molecule has 0 amide bonds. The second kappa shape index (κ2) is 4.87. The van der Waals surface area contributed by atoms with E-state index in [0.717, 1.165) is 17.4 Å². The summed E-state index contributed by atoms with van der Waals surface area (Å²) in [5.41, 5.74) is 2.10. The fraction of sp³-hybridized carbons (Fsp3) is 0.182. The van der Waals surface area contributed by atoms with Gasteiger partial charge in [0.15, 0.2) is 0 Å². The van der Waals surface area contributed by atoms with Crippen LogP contribution in [0.3, 0.4) is 0 Å². The lowest BCUT2D eigenvalue weighted by molar-refractivity contribution is -0.104. The smallest absolute Gasteiger partial charge is 0.143 e. The van der Waals surface area contributed by atoms with E-state index in [0.29, 0.717) is 0 Å². The van der Waals surface area contributed by atoms with E-state index in [1.165, 1.54) is 4.90 Å². The Balaban J connectivity index is 2.91. The highest BCUT2D eigenvalue weighted by Gasteiger charge is 1.94. The Bertz CT molecular complexity index is 311. The summed E-state index contributed by atoms with van der Waals surface area (Å²) >= 11 is 1.71. The second-order valence-electron chi connectivity index (χ2n) is 2.71. The molecular weight excluding hydrogens is 180 g/mol. The van der Waals surface area contributed by atoms with Crippen molar-refractivity contribution >= 4 is 23.6 Å². The number of allylic oxidation sites excluding steroid dienone is 2. The number of rotatable bonds is 3. The van der Waals surface area contributed by atoms with E-state index in [4.69, 9.17) is 0 Å². The van der Waals surface area contributed by atoms with Gasteiger partial charge in [0.1, 0.15) is 6.29 Å². The van der Waals surface area contributed by atoms with Crippen LogP contribution in [0.5, 0.6) is 0 Å². The van der Waals surface area contributed by atoms with Gasteiger partial charge in [-0.3, -0.25) is 4.79 Å². The standard InChI is InChI=1S/C11H12OS/c1-9(7-8-12)10-3-5-11(13-2)6-4-10/h3-8H,1-2H3/b9-7+. The van der Waals surface area contributed by atoms with Crippen LogP contribution in [0.4, 0.5) is 0 Å². The molecule has 0 radical (unpaired) electrons. The van der Waals surface area contributed by atoms with Gasteiger partial charge in [-0.05, 0) is 42.5 Å². The van der Waals surface area contributed by atoms with Crippen molar-refractivity contribution in [3.8, 4) is 0 Å². The van der Waals surface area contributed by atoms with Crippen molar-refractivity contribution < 1.29 is 4.79 Å². The topological polar surface area (TPSA) is 17.1 Å². The number of thioether (sulfide) groups is 1. The summed E-state index contributed by atoms with van der Waals surface area (Å²) in [5.74, 6) is 0. The quantitative estimate of drug-likeness (QED) is 0.416. The number of hydrogen-bond acceptors (Lipinski definition) is 2. The Labute approximate surface area is 82.9 Å². The summed E-state index contributed by atoms with van der Waals surface area (Å²) in [7, 11) is 0. The fourth-order valence-corrected chi connectivity index (χ4v) is 1.46. The van der Waals surface area contributed by atoms with Crippen molar-refractivity contribution in [2.45, 2.75) is 11.8 Å². The van der Waals surface area contributed by atoms with Gasteiger partial charge in [-0.25, -0.2) is 0 Å². The minimum atomic E-state index is 0.817. The highest BCUT2D eigenvalue weighted by Crippen LogP contribution is 2.18. The molecule has 1 nitrogen and oxygen atoms in total. The maximum absolute atomic E-state index is 10.2. The minimum absolute atomic E-state index is 0.817. The average molecular weight is 192 g/mol. The molecule has 1 rings (SSSR count). The van der Waals surface area contributed by atoms with E-state index in [9.17, 15) is 4.79 Å². The van der Waals surface area contributed by atoms with Crippen molar-refractivity contribution in [3.63, 3.8) is 0 Å². The second-order valence-corrected chi connectivity index (χ2v) is 3.59. The summed E-state index contributed by atoms with van der Waals surface area (Å²) in [6.45, 7) is 1.93. The van der Waals surface area contributed by atoms with Gasteiger partial charge < -0.3 is 0 Å². The third-order valence-corrected chi connectivity index (χ3v) is 2.61. The first-order chi connectivity index (χ1) is 6.27. The summed E-state index contributed by atoms with van der Waals surface area (Å²) in [6.07, 6.45) is 4.44. The fourth-order valence-electron chi connectivity index (χ4n) is 1.05. The van der Waals surface area contributed by atoms with Crippen LogP contribution in [-0.4, -0.2) is 12.5 Å². The van der Waals surface area contributed by atoms with Crippen LogP contribution in [0.25, 0.3) is 5.57 Å². The molecule has 13 heavy (non-hydrogen) atoms. The predicted octanol–water partition coefficient (Wildman–Crippen LogP) is 3.01. The monoisotopic (exact) mass is 192 g/mol. The normalized spacial score (nSPS) is 11.4. The van der Waals surface area contributed by atoms with E-state index >= 15 is 0 Å². The van der Waals surface area contributed by atoms with Gasteiger partial charge in [-0.2, -0.15) is 0 Å². The third kappa shape index (κ3) is 2.74. The molecule has 0 bridgehead atoms. The Morgan fingerprint density at radius 2 is 1.92 bits per heavy atom. The molecule has 0 aromatic heterocycles. The molecule has 0 spiro atoms. The molecular formula is C11H12OS. The number of aldehydes is 1. The van der Waals surface area contributed by atoms with E-state index < -0.39 is 0 Å². The molecule has 0 saturated heterocycles. The first kappa shape index (κ1) is 10.1. The Morgan fingerprint density at radius 1 is 1.31 bits per heavy atom. The molecule has 0 N–H and O–H groups in total. The number of benzene rings is 1. The van der Waals surface area contributed by atoms with Crippen LogP contribution in [0.2, 0.25) is 0 Å². The first-order valence-electron chi connectivity index (χ1n) is 4.04. The average Bonchev–Trinajstić information content (AvgIpc) is 2.18. The minimum Gasteiger partial charge on any atom is -0.299 e. The molecule has 0 saturated carbocycles. The van der Waals surface area contributed by atoms with Crippen LogP contribution in [0.1, 0.15) is 12.5 Å². The van der Waals surface area contributed by atoms with Crippen LogP contribution in [0.15, 0.2) is 35.2 Å². The highest BCUT2D eigenvalue weighted by molar-refractivity contribution is 7.98. The summed E-state index contributed by atoms with van der Waals surface area (Å²) in [5, 5.41) is 0. The SMILES string of the molecule is CSc1ccc(/C(C)=C/C=O)cc1. The molecule has 0 atom stereocenters. The van der Waals surface area contributed by atoms with Crippen molar-refractivity contribution in [2.24, 2.45) is 0 Å². The first-order valence-corrected chi connectivity index (χ1v) is 5.27. The van der Waals surface area contributed by atoms with Crippen molar-refractivity contribution in [2.75, 3.05) is 6.26 Å². The molecule has 0 aliphatic heterocycles. The maximum Gasteiger partial charge on any atom is 0.143 e. The Hall–Kier alpha value is -1.02. The zero-order valence-corrected chi connectivity index (χ0v) is 8.60. The van der Waals surface area contributed by atoms with Crippen molar-refractivity contribution in [1.29, 1.82) is 0 Å². The molecule has 1 aromatic rings. The molecule has 0 unspecified atom stereocenters. The van der Waals surface area contributed by atoms with E-state index in [1.54, 1.807) is 17.8 Å². The molecule has 0 heterocycles. The largest absolute Gasteiger partial charge is 0.299 e. The lowest BCUT2D eigenvalue weighted by Crippen LogP contribution is -1.79. The van der Waals surface area contributed by atoms with E-state index in [1.807, 2.05) is 25.3 Å². The highest BCUT2D eigenvalue weighted by atomic mass is 32.2. The molecule has 0 aliphatic rings. The van der Waals surface area contributed by atoms with Gasteiger partial charge in [-0.1, -0.05) is 12.1 Å². The van der Waals surface area contributed by atoms with Gasteiger partial charge in [0, 0.05) is 4.90 Å². The zero-order valence-electron chi connectivity index (χ0n) is 7.78. The predicted molar refractivity (Wildman–Crippen MR) is 57.9 cm³/mol. The molecule has 0 aliphatic carbocycles. The molecule has 1 aromatic carbocycles. The molecule has 68 valence electrons. The molecule has 2 heteroatoms. The van der Waals surface area contributed by atoms with Crippen LogP contribution in [0, 0.1) is 0 Å². The molecule has 0 fully saturated rings. The van der Waals surface area contributed by atoms with Crippen LogP contribution in [-0.2, 0) is 4.79 Å².